The Balaban J connectivity index is 1.71. The maximum atomic E-state index is 12.1. The van der Waals surface area contributed by atoms with E-state index in [1.54, 1.807) is 41.8 Å². The summed E-state index contributed by atoms with van der Waals surface area (Å²) >= 11 is 7.68. The van der Waals surface area contributed by atoms with Crippen molar-refractivity contribution in [3.05, 3.63) is 76.4 Å². The van der Waals surface area contributed by atoms with Crippen molar-refractivity contribution in [2.24, 2.45) is 0 Å². The Morgan fingerprint density at radius 3 is 2.82 bits per heavy atom. The number of benzene rings is 1. The molecule has 2 aromatic heterocycles. The van der Waals surface area contributed by atoms with Gasteiger partial charge in [0.2, 0.25) is 0 Å². The molecule has 0 saturated carbocycles. The smallest absolute Gasteiger partial charge is 0.253 e. The predicted molar refractivity (Wildman–Crippen MR) is 90.2 cm³/mol. The van der Waals surface area contributed by atoms with Crippen LogP contribution in [0.3, 0.4) is 0 Å². The number of aromatic nitrogens is 1. The molecule has 0 aliphatic rings. The molecule has 1 aromatic carbocycles. The number of amides is 1. The van der Waals surface area contributed by atoms with E-state index in [-0.39, 0.29) is 5.91 Å². The molecule has 0 radical (unpaired) electrons. The number of hydrogen-bond donors (Lipinski definition) is 1. The van der Waals surface area contributed by atoms with Crippen LogP contribution in [0, 0.1) is 0 Å². The summed E-state index contributed by atoms with van der Waals surface area (Å²) in [6.07, 6.45) is 3.58. The SMILES string of the molecule is O=C(NCc1cncc(-c2cccs2)c1)c1ccccc1Cl. The first-order chi connectivity index (χ1) is 10.7. The Kier molecular flexibility index (Phi) is 4.51. The molecule has 3 aromatic rings. The predicted octanol–water partition coefficient (Wildman–Crippen LogP) is 4.39. The summed E-state index contributed by atoms with van der Waals surface area (Å²) in [4.78, 5) is 17.5. The van der Waals surface area contributed by atoms with Crippen LogP contribution in [0.1, 0.15) is 15.9 Å². The first kappa shape index (κ1) is 14.8. The fourth-order valence-corrected chi connectivity index (χ4v) is 3.01. The summed E-state index contributed by atoms with van der Waals surface area (Å²) in [5.74, 6) is -0.188. The molecule has 0 aliphatic carbocycles. The summed E-state index contributed by atoms with van der Waals surface area (Å²) < 4.78 is 0. The maximum absolute atomic E-state index is 12.1. The lowest BCUT2D eigenvalue weighted by molar-refractivity contribution is 0.0951. The van der Waals surface area contributed by atoms with Gasteiger partial charge in [0.05, 0.1) is 10.6 Å². The van der Waals surface area contributed by atoms with E-state index < -0.39 is 0 Å². The van der Waals surface area contributed by atoms with Crippen LogP contribution in [0.15, 0.2) is 60.2 Å². The fraction of sp³-hybridized carbons (Fsp3) is 0.0588. The number of thiophene rings is 1. The minimum atomic E-state index is -0.188. The van der Waals surface area contributed by atoms with Crippen molar-refractivity contribution in [2.75, 3.05) is 0 Å². The third-order valence-electron chi connectivity index (χ3n) is 3.17. The van der Waals surface area contributed by atoms with Crippen LogP contribution in [-0.4, -0.2) is 10.9 Å². The van der Waals surface area contributed by atoms with Crippen LogP contribution in [0.5, 0.6) is 0 Å². The fourth-order valence-electron chi connectivity index (χ4n) is 2.08. The van der Waals surface area contributed by atoms with Crippen molar-refractivity contribution in [3.8, 4) is 10.4 Å². The highest BCUT2D eigenvalue weighted by atomic mass is 35.5. The van der Waals surface area contributed by atoms with Crippen LogP contribution >= 0.6 is 22.9 Å². The van der Waals surface area contributed by atoms with E-state index in [1.807, 2.05) is 29.8 Å². The molecule has 3 nitrogen and oxygen atoms in total. The number of hydrogen-bond acceptors (Lipinski definition) is 3. The van der Waals surface area contributed by atoms with Gasteiger partial charge in [0.25, 0.3) is 5.91 Å². The van der Waals surface area contributed by atoms with Gasteiger partial charge < -0.3 is 5.32 Å². The van der Waals surface area contributed by atoms with Gasteiger partial charge >= 0.3 is 0 Å². The summed E-state index contributed by atoms with van der Waals surface area (Å²) in [7, 11) is 0. The van der Waals surface area contributed by atoms with Crippen molar-refractivity contribution in [1.29, 1.82) is 0 Å². The molecule has 0 fully saturated rings. The van der Waals surface area contributed by atoms with Crippen LogP contribution in [0.2, 0.25) is 5.02 Å². The van der Waals surface area contributed by atoms with Crippen LogP contribution in [0.4, 0.5) is 0 Å². The van der Waals surface area contributed by atoms with Crippen LogP contribution in [0.25, 0.3) is 10.4 Å². The molecular formula is C17H13ClN2OS. The number of nitrogens with zero attached hydrogens (tertiary/aromatic N) is 1. The standard InChI is InChI=1S/C17H13ClN2OS/c18-15-5-2-1-4-14(15)17(21)20-10-12-8-13(11-19-9-12)16-6-3-7-22-16/h1-9,11H,10H2,(H,20,21). The monoisotopic (exact) mass is 328 g/mol. The van der Waals surface area contributed by atoms with Gasteiger partial charge in [-0.15, -0.1) is 11.3 Å². The van der Waals surface area contributed by atoms with Crippen molar-refractivity contribution in [1.82, 2.24) is 10.3 Å². The second kappa shape index (κ2) is 6.73. The van der Waals surface area contributed by atoms with Gasteiger partial charge in [0.1, 0.15) is 0 Å². The van der Waals surface area contributed by atoms with E-state index in [9.17, 15) is 4.79 Å². The number of carbonyl (C=O) groups is 1. The van der Waals surface area contributed by atoms with E-state index in [0.717, 1.165) is 16.0 Å². The lowest BCUT2D eigenvalue weighted by Crippen LogP contribution is -2.23. The normalized spacial score (nSPS) is 10.4. The number of halogens is 1. The lowest BCUT2D eigenvalue weighted by Gasteiger charge is -2.07. The Morgan fingerprint density at radius 1 is 1.18 bits per heavy atom. The number of nitrogens with one attached hydrogen (secondary N) is 1. The zero-order chi connectivity index (χ0) is 15.4. The van der Waals surface area contributed by atoms with Gasteiger partial charge in [-0.1, -0.05) is 29.8 Å². The first-order valence-electron chi connectivity index (χ1n) is 6.74. The molecule has 0 saturated heterocycles. The second-order valence-corrected chi connectivity index (χ2v) is 6.08. The molecule has 0 atom stereocenters. The summed E-state index contributed by atoms with van der Waals surface area (Å²) in [5, 5.41) is 5.35. The van der Waals surface area contributed by atoms with Crippen molar-refractivity contribution >= 4 is 28.8 Å². The molecule has 3 rings (SSSR count). The first-order valence-corrected chi connectivity index (χ1v) is 8.00. The molecule has 0 spiro atoms. The number of pyridine rings is 1. The molecule has 1 amide bonds. The Bertz CT molecular complexity index is 787. The van der Waals surface area contributed by atoms with E-state index in [2.05, 4.69) is 10.3 Å². The summed E-state index contributed by atoms with van der Waals surface area (Å²) in [6, 6.07) is 13.1. The van der Waals surface area contributed by atoms with Crippen LogP contribution in [-0.2, 0) is 6.54 Å². The molecule has 110 valence electrons. The van der Waals surface area contributed by atoms with Gasteiger partial charge in [-0.25, -0.2) is 0 Å². The van der Waals surface area contributed by atoms with E-state index in [0.29, 0.717) is 17.1 Å². The minimum absolute atomic E-state index is 0.188. The Hall–Kier alpha value is -2.17. The molecule has 0 aliphatic heterocycles. The summed E-state index contributed by atoms with van der Waals surface area (Å²) in [6.45, 7) is 0.413. The van der Waals surface area contributed by atoms with E-state index >= 15 is 0 Å². The highest BCUT2D eigenvalue weighted by molar-refractivity contribution is 7.13. The highest BCUT2D eigenvalue weighted by Crippen LogP contribution is 2.24. The molecule has 2 heterocycles. The number of carbonyl (C=O) groups excluding carboxylic acids is 1. The van der Waals surface area contributed by atoms with Crippen LogP contribution < -0.4 is 5.32 Å². The quantitative estimate of drug-likeness (QED) is 0.771. The topological polar surface area (TPSA) is 42.0 Å². The van der Waals surface area contributed by atoms with Crippen molar-refractivity contribution in [2.45, 2.75) is 6.54 Å². The maximum Gasteiger partial charge on any atom is 0.253 e. The van der Waals surface area contributed by atoms with Gasteiger partial charge in [0.15, 0.2) is 0 Å². The molecule has 0 unspecified atom stereocenters. The molecule has 0 bridgehead atoms. The summed E-state index contributed by atoms with van der Waals surface area (Å²) in [5.41, 5.74) is 2.48. The van der Waals surface area contributed by atoms with E-state index in [1.165, 1.54) is 0 Å². The van der Waals surface area contributed by atoms with Crippen molar-refractivity contribution < 1.29 is 4.79 Å². The average molecular weight is 329 g/mol. The van der Waals surface area contributed by atoms with E-state index in [4.69, 9.17) is 11.6 Å². The molecule has 5 heteroatoms. The third-order valence-corrected chi connectivity index (χ3v) is 4.42. The average Bonchev–Trinajstić information content (AvgIpc) is 3.08. The van der Waals surface area contributed by atoms with Crippen molar-refractivity contribution in [3.63, 3.8) is 0 Å². The minimum Gasteiger partial charge on any atom is -0.348 e. The third kappa shape index (κ3) is 3.35. The Labute approximate surface area is 137 Å². The Morgan fingerprint density at radius 2 is 2.05 bits per heavy atom. The molecule has 22 heavy (non-hydrogen) atoms. The highest BCUT2D eigenvalue weighted by Gasteiger charge is 2.09. The van der Waals surface area contributed by atoms with Gasteiger partial charge in [0, 0.05) is 29.4 Å². The molecule has 1 N–H and O–H groups in total. The number of rotatable bonds is 4. The van der Waals surface area contributed by atoms with Gasteiger partial charge in [-0.05, 0) is 35.2 Å². The van der Waals surface area contributed by atoms with Gasteiger partial charge in [-0.3, -0.25) is 9.78 Å². The second-order valence-electron chi connectivity index (χ2n) is 4.72. The zero-order valence-electron chi connectivity index (χ0n) is 11.6. The van der Waals surface area contributed by atoms with Gasteiger partial charge in [-0.2, -0.15) is 0 Å². The zero-order valence-corrected chi connectivity index (χ0v) is 13.2. The largest absolute Gasteiger partial charge is 0.348 e. The molecular weight excluding hydrogens is 316 g/mol. The lowest BCUT2D eigenvalue weighted by atomic mass is 10.1.